The van der Waals surface area contributed by atoms with E-state index in [1.54, 1.807) is 0 Å². The normalized spacial score (nSPS) is 11.0. The van der Waals surface area contributed by atoms with Gasteiger partial charge in [-0.25, -0.2) is 9.55 Å². The van der Waals surface area contributed by atoms with Crippen molar-refractivity contribution in [2.75, 3.05) is 4.90 Å². The lowest BCUT2D eigenvalue weighted by Gasteiger charge is -2.26. The smallest absolute Gasteiger partial charge is 0.294 e. The number of carbonyl (C=O) groups excluding carboxylic acids is 1. The summed E-state index contributed by atoms with van der Waals surface area (Å²) in [4.78, 5) is 18.6. The van der Waals surface area contributed by atoms with Crippen molar-refractivity contribution in [1.29, 1.82) is 0 Å². The minimum absolute atomic E-state index is 0.0342. The Labute approximate surface area is 176 Å². The number of anilines is 1. The standard InChI is InChI=1S/C25H25N3O2/c1-19(2)28(20-11-5-3-6-12-20)25(29)17-27-23-16-10-9-15-22(23)26-24(27)18-30-21-13-7-4-8-14-21/h3-16,19H,17-18H2,1-2H3/p+1. The second-order valence-electron chi connectivity index (χ2n) is 7.47. The lowest BCUT2D eigenvalue weighted by Crippen LogP contribution is -2.49. The average molecular weight is 401 g/mol. The number of fused-ring (bicyclic) bond motifs is 1. The molecule has 0 aliphatic rings. The molecular weight excluding hydrogens is 374 g/mol. The van der Waals surface area contributed by atoms with Gasteiger partial charge in [0.25, 0.3) is 11.7 Å². The molecule has 0 aliphatic carbocycles. The molecule has 4 rings (SSSR count). The van der Waals surface area contributed by atoms with Crippen molar-refractivity contribution in [3.8, 4) is 5.75 Å². The summed E-state index contributed by atoms with van der Waals surface area (Å²) in [6.07, 6.45) is 0. The summed E-state index contributed by atoms with van der Waals surface area (Å²) in [6.45, 7) is 4.64. The Balaban J connectivity index is 1.64. The van der Waals surface area contributed by atoms with E-state index in [-0.39, 0.29) is 18.5 Å². The lowest BCUT2D eigenvalue weighted by atomic mass is 10.2. The molecule has 0 aliphatic heterocycles. The maximum absolute atomic E-state index is 13.4. The number of para-hydroxylation sites is 4. The summed E-state index contributed by atoms with van der Waals surface area (Å²) >= 11 is 0. The minimum atomic E-state index is 0.0342. The summed E-state index contributed by atoms with van der Waals surface area (Å²) in [5.41, 5.74) is 2.86. The summed E-state index contributed by atoms with van der Waals surface area (Å²) in [7, 11) is 0. The highest BCUT2D eigenvalue weighted by molar-refractivity contribution is 5.93. The molecule has 4 aromatic rings. The Bertz CT molecular complexity index is 1120. The summed E-state index contributed by atoms with van der Waals surface area (Å²) < 4.78 is 7.97. The van der Waals surface area contributed by atoms with Crippen molar-refractivity contribution in [2.24, 2.45) is 0 Å². The van der Waals surface area contributed by atoms with Crippen molar-refractivity contribution < 1.29 is 14.1 Å². The topological polar surface area (TPSA) is 49.2 Å². The van der Waals surface area contributed by atoms with Crippen LogP contribution in [0.25, 0.3) is 11.0 Å². The van der Waals surface area contributed by atoms with Crippen molar-refractivity contribution in [3.05, 3.63) is 90.8 Å². The van der Waals surface area contributed by atoms with Gasteiger partial charge in [-0.15, -0.1) is 0 Å². The predicted molar refractivity (Wildman–Crippen MR) is 118 cm³/mol. The number of aromatic amines is 1. The van der Waals surface area contributed by atoms with E-state index in [1.807, 2.05) is 108 Å². The molecule has 1 amide bonds. The van der Waals surface area contributed by atoms with E-state index in [1.165, 1.54) is 0 Å². The molecule has 0 unspecified atom stereocenters. The van der Waals surface area contributed by atoms with E-state index in [4.69, 9.17) is 4.74 Å². The number of nitrogens with zero attached hydrogens (tertiary/aromatic N) is 2. The second-order valence-corrected chi connectivity index (χ2v) is 7.47. The van der Waals surface area contributed by atoms with Crippen LogP contribution in [0.15, 0.2) is 84.9 Å². The van der Waals surface area contributed by atoms with Crippen LogP contribution in [0, 0.1) is 0 Å². The van der Waals surface area contributed by atoms with E-state index in [2.05, 4.69) is 4.98 Å². The summed E-state index contributed by atoms with van der Waals surface area (Å²) in [5.74, 6) is 1.68. The number of rotatable bonds is 7. The van der Waals surface area contributed by atoms with E-state index in [0.29, 0.717) is 6.61 Å². The molecule has 3 aromatic carbocycles. The van der Waals surface area contributed by atoms with Gasteiger partial charge in [-0.1, -0.05) is 48.5 Å². The van der Waals surface area contributed by atoms with Gasteiger partial charge in [0, 0.05) is 11.7 Å². The van der Waals surface area contributed by atoms with E-state index >= 15 is 0 Å². The first-order valence-corrected chi connectivity index (χ1v) is 10.2. The van der Waals surface area contributed by atoms with Crippen LogP contribution in [0.3, 0.4) is 0 Å². The van der Waals surface area contributed by atoms with Crippen LogP contribution >= 0.6 is 0 Å². The quantitative estimate of drug-likeness (QED) is 0.465. The number of hydrogen-bond donors (Lipinski definition) is 1. The Kier molecular flexibility index (Phi) is 5.80. The molecular formula is C25H26N3O2+. The molecule has 152 valence electrons. The van der Waals surface area contributed by atoms with Gasteiger partial charge in [-0.3, -0.25) is 4.79 Å². The first-order valence-electron chi connectivity index (χ1n) is 10.2. The molecule has 5 nitrogen and oxygen atoms in total. The Morgan fingerprint density at radius 3 is 2.27 bits per heavy atom. The molecule has 0 radical (unpaired) electrons. The molecule has 5 heteroatoms. The van der Waals surface area contributed by atoms with Gasteiger partial charge >= 0.3 is 0 Å². The SMILES string of the molecule is CC(C)N(C(=O)C[n+]1c(COc2ccccc2)[nH]c2ccccc21)c1ccccc1. The number of hydrogen-bond acceptors (Lipinski definition) is 2. The van der Waals surface area contributed by atoms with Gasteiger partial charge < -0.3 is 9.64 Å². The number of ether oxygens (including phenoxy) is 1. The first-order chi connectivity index (χ1) is 14.6. The molecule has 0 atom stereocenters. The second kappa shape index (κ2) is 8.82. The monoisotopic (exact) mass is 400 g/mol. The van der Waals surface area contributed by atoms with Gasteiger partial charge in [0.1, 0.15) is 5.75 Å². The Hall–Kier alpha value is -3.60. The Morgan fingerprint density at radius 2 is 1.57 bits per heavy atom. The molecule has 0 fully saturated rings. The number of benzene rings is 3. The van der Waals surface area contributed by atoms with Crippen LogP contribution in [0.5, 0.6) is 5.75 Å². The highest BCUT2D eigenvalue weighted by Crippen LogP contribution is 2.18. The summed E-state index contributed by atoms with van der Waals surface area (Å²) in [5, 5.41) is 0. The van der Waals surface area contributed by atoms with Crippen molar-refractivity contribution in [2.45, 2.75) is 33.0 Å². The fourth-order valence-corrected chi connectivity index (χ4v) is 3.68. The average Bonchev–Trinajstić information content (AvgIpc) is 3.11. The van der Waals surface area contributed by atoms with Crippen LogP contribution in [-0.4, -0.2) is 16.9 Å². The maximum atomic E-state index is 13.4. The van der Waals surface area contributed by atoms with Crippen LogP contribution in [0.1, 0.15) is 19.7 Å². The highest BCUT2D eigenvalue weighted by atomic mass is 16.5. The molecule has 0 spiro atoms. The zero-order chi connectivity index (χ0) is 20.9. The van der Waals surface area contributed by atoms with Crippen LogP contribution < -0.4 is 14.2 Å². The third-order valence-electron chi connectivity index (χ3n) is 5.03. The summed E-state index contributed by atoms with van der Waals surface area (Å²) in [6, 6.07) is 27.5. The van der Waals surface area contributed by atoms with Gasteiger partial charge in [0.05, 0.1) is 0 Å². The number of amides is 1. The van der Waals surface area contributed by atoms with Gasteiger partial charge in [-0.05, 0) is 50.2 Å². The van der Waals surface area contributed by atoms with E-state index in [9.17, 15) is 4.79 Å². The number of carbonyl (C=O) groups is 1. The zero-order valence-electron chi connectivity index (χ0n) is 17.3. The number of nitrogens with one attached hydrogen (secondary N) is 1. The third kappa shape index (κ3) is 4.20. The van der Waals surface area contributed by atoms with Crippen molar-refractivity contribution in [1.82, 2.24) is 4.98 Å². The van der Waals surface area contributed by atoms with Gasteiger partial charge in [-0.2, -0.15) is 0 Å². The van der Waals surface area contributed by atoms with Crippen molar-refractivity contribution >= 4 is 22.6 Å². The molecule has 0 saturated carbocycles. The van der Waals surface area contributed by atoms with E-state index in [0.717, 1.165) is 28.3 Å². The Morgan fingerprint density at radius 1 is 0.933 bits per heavy atom. The molecule has 1 N–H and O–H groups in total. The molecule has 1 heterocycles. The zero-order valence-corrected chi connectivity index (χ0v) is 17.3. The molecule has 0 bridgehead atoms. The third-order valence-corrected chi connectivity index (χ3v) is 5.03. The number of H-pyrrole nitrogens is 1. The molecule has 30 heavy (non-hydrogen) atoms. The van der Waals surface area contributed by atoms with Crippen LogP contribution in [0.2, 0.25) is 0 Å². The predicted octanol–water partition coefficient (Wildman–Crippen LogP) is 4.48. The van der Waals surface area contributed by atoms with E-state index < -0.39 is 0 Å². The van der Waals surface area contributed by atoms with Crippen LogP contribution in [0.4, 0.5) is 5.69 Å². The number of aromatic nitrogens is 2. The highest BCUT2D eigenvalue weighted by Gasteiger charge is 2.26. The maximum Gasteiger partial charge on any atom is 0.294 e. The van der Waals surface area contributed by atoms with Gasteiger partial charge in [0.2, 0.25) is 0 Å². The molecule has 0 saturated heterocycles. The largest absolute Gasteiger partial charge is 0.481 e. The lowest BCUT2D eigenvalue weighted by molar-refractivity contribution is -0.667. The number of imidazole rings is 1. The first kappa shape index (κ1) is 19.7. The van der Waals surface area contributed by atoms with Gasteiger partial charge in [0.15, 0.2) is 24.2 Å². The van der Waals surface area contributed by atoms with Crippen LogP contribution in [-0.2, 0) is 17.9 Å². The van der Waals surface area contributed by atoms with Crippen molar-refractivity contribution in [3.63, 3.8) is 0 Å². The minimum Gasteiger partial charge on any atom is -0.481 e. The molecule has 1 aromatic heterocycles. The fraction of sp³-hybridized carbons (Fsp3) is 0.200. The fourth-order valence-electron chi connectivity index (χ4n) is 3.68.